The summed E-state index contributed by atoms with van der Waals surface area (Å²) in [5.74, 6) is -1.49. The fourth-order valence-electron chi connectivity index (χ4n) is 2.60. The molecule has 2 aromatic rings. The van der Waals surface area contributed by atoms with Gasteiger partial charge in [0.15, 0.2) is 23.1 Å². The fourth-order valence-corrected chi connectivity index (χ4v) is 2.60. The summed E-state index contributed by atoms with van der Waals surface area (Å²) >= 11 is 0. The van der Waals surface area contributed by atoms with E-state index in [1.165, 1.54) is 19.3 Å². The van der Waals surface area contributed by atoms with Crippen molar-refractivity contribution >= 4 is 23.6 Å². The van der Waals surface area contributed by atoms with Gasteiger partial charge < -0.3 is 19.4 Å². The van der Waals surface area contributed by atoms with Gasteiger partial charge in [-0.1, -0.05) is 30.3 Å². The van der Waals surface area contributed by atoms with Crippen LogP contribution in [0.15, 0.2) is 48.0 Å². The summed E-state index contributed by atoms with van der Waals surface area (Å²) in [5.41, 5.74) is 1.41. The summed E-state index contributed by atoms with van der Waals surface area (Å²) in [6.45, 7) is -0.608. The number of benzene rings is 2. The molecule has 0 aromatic heterocycles. The highest BCUT2D eigenvalue weighted by Gasteiger charge is 2.32. The predicted molar refractivity (Wildman–Crippen MR) is 86.6 cm³/mol. The van der Waals surface area contributed by atoms with E-state index >= 15 is 0 Å². The first-order chi connectivity index (χ1) is 12.0. The number of hydrogen-bond acceptors (Lipinski definition) is 6. The summed E-state index contributed by atoms with van der Waals surface area (Å²) in [7, 11) is 1.40. The largest absolute Gasteiger partial charge is 0.546 e. The lowest BCUT2D eigenvalue weighted by atomic mass is 10.1. The molecular weight excluding hydrogens is 324 g/mol. The van der Waals surface area contributed by atoms with Crippen LogP contribution in [0, 0.1) is 0 Å². The first kappa shape index (κ1) is 16.4. The molecule has 0 saturated heterocycles. The quantitative estimate of drug-likeness (QED) is 0.603. The van der Waals surface area contributed by atoms with E-state index in [1.807, 2.05) is 0 Å². The number of allylic oxidation sites excluding steroid dienone is 1. The third-order valence-corrected chi connectivity index (χ3v) is 3.75. The molecule has 0 unspecified atom stereocenters. The number of rotatable bonds is 5. The Morgan fingerprint density at radius 1 is 1.04 bits per heavy atom. The average molecular weight is 337 g/mol. The topological polar surface area (TPSA) is 92.7 Å². The maximum atomic E-state index is 12.4. The number of fused-ring (bicyclic) bond motifs is 1. The van der Waals surface area contributed by atoms with Crippen LogP contribution in [0.1, 0.15) is 26.3 Å². The van der Waals surface area contributed by atoms with Crippen LogP contribution in [0.2, 0.25) is 0 Å². The van der Waals surface area contributed by atoms with Gasteiger partial charge >= 0.3 is 0 Å². The molecule has 2 aromatic carbocycles. The molecule has 0 radical (unpaired) electrons. The molecule has 0 atom stereocenters. The minimum Gasteiger partial charge on any atom is -0.546 e. The van der Waals surface area contributed by atoms with Crippen molar-refractivity contribution in [3.63, 3.8) is 0 Å². The smallest absolute Gasteiger partial charge is 0.197 e. The third-order valence-electron chi connectivity index (χ3n) is 3.75. The molecule has 0 amide bonds. The van der Waals surface area contributed by atoms with Gasteiger partial charge in [-0.25, -0.2) is 0 Å². The molecule has 1 aliphatic carbocycles. The molecule has 126 valence electrons. The van der Waals surface area contributed by atoms with Gasteiger partial charge in [0.25, 0.3) is 0 Å². The van der Waals surface area contributed by atoms with Crippen molar-refractivity contribution in [2.75, 3.05) is 13.7 Å². The van der Waals surface area contributed by atoms with Crippen molar-refractivity contribution < 1.29 is 29.0 Å². The molecule has 0 N–H and O–H groups in total. The third kappa shape index (κ3) is 3.14. The molecule has 1 aliphatic rings. The summed E-state index contributed by atoms with van der Waals surface area (Å²) < 4.78 is 10.2. The number of Topliss-reactive ketones (excluding diaryl/α,β-unsaturated/α-hetero) is 2. The SMILES string of the molecule is COc1cc(C=C2C(=O)c3ccccc3C2=O)ccc1OCC(=O)[O-]. The van der Waals surface area contributed by atoms with Crippen molar-refractivity contribution in [2.45, 2.75) is 0 Å². The Morgan fingerprint density at radius 3 is 2.24 bits per heavy atom. The van der Waals surface area contributed by atoms with Crippen LogP contribution in [-0.2, 0) is 4.79 Å². The molecule has 0 fully saturated rings. The molecule has 6 heteroatoms. The zero-order chi connectivity index (χ0) is 18.0. The second-order valence-corrected chi connectivity index (χ2v) is 5.33. The van der Waals surface area contributed by atoms with Gasteiger partial charge in [0.2, 0.25) is 0 Å². The number of carboxylic acid groups (broad SMARTS) is 1. The monoisotopic (exact) mass is 337 g/mol. The molecule has 0 bridgehead atoms. The Kier molecular flexibility index (Phi) is 4.35. The van der Waals surface area contributed by atoms with E-state index in [9.17, 15) is 19.5 Å². The highest BCUT2D eigenvalue weighted by atomic mass is 16.5. The number of ether oxygens (including phenoxy) is 2. The summed E-state index contributed by atoms with van der Waals surface area (Å²) in [4.78, 5) is 35.3. The van der Waals surface area contributed by atoms with E-state index in [4.69, 9.17) is 9.47 Å². The normalized spacial score (nSPS) is 12.8. The van der Waals surface area contributed by atoms with Gasteiger partial charge in [-0.15, -0.1) is 0 Å². The average Bonchev–Trinajstić information content (AvgIpc) is 2.85. The van der Waals surface area contributed by atoms with Crippen molar-refractivity contribution in [3.05, 3.63) is 64.7 Å². The highest BCUT2D eigenvalue weighted by molar-refractivity contribution is 6.41. The molecule has 3 rings (SSSR count). The number of methoxy groups -OCH3 is 1. The van der Waals surface area contributed by atoms with Gasteiger partial charge in [0, 0.05) is 11.1 Å². The summed E-state index contributed by atoms with van der Waals surface area (Å²) in [6.07, 6.45) is 1.48. The van der Waals surface area contributed by atoms with E-state index in [2.05, 4.69) is 0 Å². The van der Waals surface area contributed by atoms with Crippen LogP contribution in [0.3, 0.4) is 0 Å². The molecule has 0 heterocycles. The van der Waals surface area contributed by atoms with E-state index in [0.29, 0.717) is 16.7 Å². The standard InChI is InChI=1S/C19H14O6/c1-24-16-9-11(6-7-15(16)25-10-17(20)21)8-14-18(22)12-4-2-3-5-13(12)19(14)23/h2-9H,10H2,1H3,(H,20,21)/p-1. The minimum absolute atomic E-state index is 0.0756. The Labute approximate surface area is 143 Å². The maximum absolute atomic E-state index is 12.4. The van der Waals surface area contributed by atoms with Gasteiger partial charge in [-0.2, -0.15) is 0 Å². The summed E-state index contributed by atoms with van der Waals surface area (Å²) in [5, 5.41) is 10.5. The number of ketones is 2. The van der Waals surface area contributed by atoms with E-state index in [1.54, 1.807) is 36.4 Å². The molecule has 0 spiro atoms. The number of carbonyl (C=O) groups excluding carboxylic acids is 3. The Hall–Kier alpha value is -3.41. The van der Waals surface area contributed by atoms with E-state index in [0.717, 1.165) is 0 Å². The minimum atomic E-state index is -1.35. The van der Waals surface area contributed by atoms with Crippen molar-refractivity contribution in [3.8, 4) is 11.5 Å². The van der Waals surface area contributed by atoms with Crippen LogP contribution < -0.4 is 14.6 Å². The zero-order valence-corrected chi connectivity index (χ0v) is 13.3. The van der Waals surface area contributed by atoms with Crippen LogP contribution in [0.25, 0.3) is 6.08 Å². The highest BCUT2D eigenvalue weighted by Crippen LogP contribution is 2.31. The van der Waals surface area contributed by atoms with Crippen LogP contribution in [0.5, 0.6) is 11.5 Å². The van der Waals surface area contributed by atoms with Crippen molar-refractivity contribution in [2.24, 2.45) is 0 Å². The van der Waals surface area contributed by atoms with Gasteiger partial charge in [0.1, 0.15) is 6.61 Å². The second kappa shape index (κ2) is 6.60. The zero-order valence-electron chi connectivity index (χ0n) is 13.3. The lowest BCUT2D eigenvalue weighted by Gasteiger charge is -2.11. The van der Waals surface area contributed by atoms with E-state index in [-0.39, 0.29) is 28.6 Å². The molecule has 0 aliphatic heterocycles. The number of hydrogen-bond donors (Lipinski definition) is 0. The van der Waals surface area contributed by atoms with E-state index < -0.39 is 12.6 Å². The molecular formula is C19H13O6-. The van der Waals surface area contributed by atoms with Crippen LogP contribution in [-0.4, -0.2) is 31.3 Å². The number of aliphatic carboxylic acids is 1. The van der Waals surface area contributed by atoms with Gasteiger partial charge in [0.05, 0.1) is 18.7 Å². The summed E-state index contributed by atoms with van der Waals surface area (Å²) in [6, 6.07) is 11.3. The lowest BCUT2D eigenvalue weighted by molar-refractivity contribution is -0.307. The lowest BCUT2D eigenvalue weighted by Crippen LogP contribution is -2.29. The number of carboxylic acids is 1. The predicted octanol–water partition coefficient (Wildman–Crippen LogP) is 1.29. The molecule has 0 saturated carbocycles. The Morgan fingerprint density at radius 2 is 1.68 bits per heavy atom. The van der Waals surface area contributed by atoms with Gasteiger partial charge in [-0.3, -0.25) is 9.59 Å². The van der Waals surface area contributed by atoms with Crippen LogP contribution >= 0.6 is 0 Å². The first-order valence-electron chi connectivity index (χ1n) is 7.42. The molecule has 25 heavy (non-hydrogen) atoms. The number of carbonyl (C=O) groups is 3. The first-order valence-corrected chi connectivity index (χ1v) is 7.42. The van der Waals surface area contributed by atoms with Gasteiger partial charge in [-0.05, 0) is 23.8 Å². The van der Waals surface area contributed by atoms with Crippen molar-refractivity contribution in [1.29, 1.82) is 0 Å². The van der Waals surface area contributed by atoms with Crippen molar-refractivity contribution in [1.82, 2.24) is 0 Å². The molecule has 6 nitrogen and oxygen atoms in total. The van der Waals surface area contributed by atoms with Crippen LogP contribution in [0.4, 0.5) is 0 Å². The maximum Gasteiger partial charge on any atom is 0.197 e. The Bertz CT molecular complexity index is 873. The Balaban J connectivity index is 1.93. The second-order valence-electron chi connectivity index (χ2n) is 5.33. The fraction of sp³-hybridized carbons (Fsp3) is 0.105.